The van der Waals surface area contributed by atoms with Gasteiger partial charge >= 0.3 is 5.97 Å². The van der Waals surface area contributed by atoms with Crippen LogP contribution in [0, 0.1) is 0 Å². The molecule has 2 rings (SSSR count). The summed E-state index contributed by atoms with van der Waals surface area (Å²) < 4.78 is 15.8. The Morgan fingerprint density at radius 1 is 0.964 bits per heavy atom. The Kier molecular flexibility index (Phi) is 8.14. The van der Waals surface area contributed by atoms with Gasteiger partial charge in [-0.15, -0.1) is 0 Å². The third kappa shape index (κ3) is 6.16. The second-order valence-electron chi connectivity index (χ2n) is 6.59. The second kappa shape index (κ2) is 10.6. The maximum absolute atomic E-state index is 11.0. The summed E-state index contributed by atoms with van der Waals surface area (Å²) in [7, 11) is 5.40. The molecule has 0 unspecified atom stereocenters. The van der Waals surface area contributed by atoms with Crippen molar-refractivity contribution in [2.45, 2.75) is 20.4 Å². The molecule has 28 heavy (non-hydrogen) atoms. The summed E-state index contributed by atoms with van der Waals surface area (Å²) in [5.41, 5.74) is 2.28. The molecule has 0 saturated heterocycles. The summed E-state index contributed by atoms with van der Waals surface area (Å²) in [6, 6.07) is 13.6. The number of carbonyl (C=O) groups is 1. The Morgan fingerprint density at radius 3 is 2.21 bits per heavy atom. The molecular formula is C22H30N2O4. The van der Waals surface area contributed by atoms with E-state index in [2.05, 4.69) is 29.8 Å². The van der Waals surface area contributed by atoms with Crippen molar-refractivity contribution in [1.82, 2.24) is 4.90 Å². The Hall–Kier alpha value is -2.73. The van der Waals surface area contributed by atoms with Crippen LogP contribution in [0.25, 0.3) is 0 Å². The Morgan fingerprint density at radius 2 is 1.64 bits per heavy atom. The van der Waals surface area contributed by atoms with Gasteiger partial charge in [-0.25, -0.2) is 0 Å². The van der Waals surface area contributed by atoms with Crippen molar-refractivity contribution >= 4 is 11.7 Å². The molecule has 0 N–H and O–H groups in total. The number of likely N-dealkylation sites (N-methyl/N-ethyl adjacent to an activating group) is 2. The summed E-state index contributed by atoms with van der Waals surface area (Å²) in [4.78, 5) is 15.6. The van der Waals surface area contributed by atoms with Crippen molar-refractivity contribution in [3.63, 3.8) is 0 Å². The topological polar surface area (TPSA) is 51.2 Å². The fourth-order valence-electron chi connectivity index (χ4n) is 3.02. The standard InChI is InChI=1S/C22H30N2O4/c1-6-24(19-8-10-20(11-9-19)28-17(2)25)14-13-23(3)16-18-7-12-21(26-4)22(15-18)27-5/h7-12,15H,6,13-14,16H2,1-5H3. The van der Waals surface area contributed by atoms with Crippen molar-refractivity contribution in [3.05, 3.63) is 48.0 Å². The van der Waals surface area contributed by atoms with Gasteiger partial charge in [0.15, 0.2) is 11.5 Å². The zero-order valence-electron chi connectivity index (χ0n) is 17.4. The number of carbonyl (C=O) groups excluding carboxylic acids is 1. The monoisotopic (exact) mass is 386 g/mol. The molecule has 2 aromatic carbocycles. The van der Waals surface area contributed by atoms with Crippen LogP contribution in [0.5, 0.6) is 17.2 Å². The number of methoxy groups -OCH3 is 2. The minimum atomic E-state index is -0.308. The van der Waals surface area contributed by atoms with Crippen molar-refractivity contribution < 1.29 is 19.0 Å². The summed E-state index contributed by atoms with van der Waals surface area (Å²) in [6.45, 7) is 7.07. The van der Waals surface area contributed by atoms with Gasteiger partial charge in [0.2, 0.25) is 0 Å². The quantitative estimate of drug-likeness (QED) is 0.459. The van der Waals surface area contributed by atoms with Gasteiger partial charge in [-0.05, 0) is 55.9 Å². The Balaban J connectivity index is 1.92. The Labute approximate surface area is 167 Å². The van der Waals surface area contributed by atoms with E-state index in [0.717, 1.165) is 43.4 Å². The van der Waals surface area contributed by atoms with Crippen LogP contribution < -0.4 is 19.1 Å². The molecule has 0 saturated carbocycles. The number of benzene rings is 2. The highest BCUT2D eigenvalue weighted by Gasteiger charge is 2.09. The first-order valence-corrected chi connectivity index (χ1v) is 9.39. The minimum absolute atomic E-state index is 0.308. The number of rotatable bonds is 10. The first kappa shape index (κ1) is 21.6. The van der Waals surface area contributed by atoms with E-state index in [1.165, 1.54) is 12.5 Å². The van der Waals surface area contributed by atoms with Crippen molar-refractivity contribution in [1.29, 1.82) is 0 Å². The predicted molar refractivity (Wildman–Crippen MR) is 112 cm³/mol. The number of anilines is 1. The van der Waals surface area contributed by atoms with E-state index in [0.29, 0.717) is 5.75 Å². The van der Waals surface area contributed by atoms with Crippen LogP contribution in [0.3, 0.4) is 0 Å². The number of nitrogens with zero attached hydrogens (tertiary/aromatic N) is 2. The highest BCUT2D eigenvalue weighted by Crippen LogP contribution is 2.28. The normalized spacial score (nSPS) is 10.6. The number of esters is 1. The van der Waals surface area contributed by atoms with Crippen molar-refractivity contribution in [2.24, 2.45) is 0 Å². The van der Waals surface area contributed by atoms with Gasteiger partial charge in [0.1, 0.15) is 5.75 Å². The highest BCUT2D eigenvalue weighted by atomic mass is 16.5. The lowest BCUT2D eigenvalue weighted by Crippen LogP contribution is -2.33. The van der Waals surface area contributed by atoms with Gasteiger partial charge in [0.05, 0.1) is 14.2 Å². The van der Waals surface area contributed by atoms with Crippen LogP contribution in [0.2, 0.25) is 0 Å². The zero-order chi connectivity index (χ0) is 20.5. The minimum Gasteiger partial charge on any atom is -0.493 e. The van der Waals surface area contributed by atoms with Crippen molar-refractivity contribution in [2.75, 3.05) is 45.8 Å². The molecule has 0 aliphatic rings. The predicted octanol–water partition coefficient (Wildman–Crippen LogP) is 3.59. The maximum atomic E-state index is 11.0. The van der Waals surface area contributed by atoms with Crippen LogP contribution in [0.15, 0.2) is 42.5 Å². The molecule has 0 fully saturated rings. The molecule has 0 spiro atoms. The van der Waals surface area contributed by atoms with Crippen LogP contribution in [0.1, 0.15) is 19.4 Å². The molecule has 6 heteroatoms. The van der Waals surface area contributed by atoms with Crippen LogP contribution in [-0.4, -0.2) is 51.8 Å². The molecular weight excluding hydrogens is 356 g/mol. The summed E-state index contributed by atoms with van der Waals surface area (Å²) in [6.07, 6.45) is 0. The molecule has 152 valence electrons. The molecule has 0 radical (unpaired) electrons. The molecule has 2 aromatic rings. The fourth-order valence-corrected chi connectivity index (χ4v) is 3.02. The summed E-state index contributed by atoms with van der Waals surface area (Å²) in [5.74, 6) is 1.74. The fraction of sp³-hybridized carbons (Fsp3) is 0.409. The second-order valence-corrected chi connectivity index (χ2v) is 6.59. The van der Waals surface area contributed by atoms with E-state index in [-0.39, 0.29) is 5.97 Å². The smallest absolute Gasteiger partial charge is 0.308 e. The van der Waals surface area contributed by atoms with Crippen LogP contribution in [-0.2, 0) is 11.3 Å². The van der Waals surface area contributed by atoms with Gasteiger partial charge in [-0.3, -0.25) is 4.79 Å². The lowest BCUT2D eigenvalue weighted by Gasteiger charge is -2.26. The number of hydrogen-bond acceptors (Lipinski definition) is 6. The third-order valence-electron chi connectivity index (χ3n) is 4.50. The molecule has 0 bridgehead atoms. The molecule has 0 aromatic heterocycles. The number of ether oxygens (including phenoxy) is 3. The van der Waals surface area contributed by atoms with E-state index in [1.807, 2.05) is 36.4 Å². The van der Waals surface area contributed by atoms with E-state index in [1.54, 1.807) is 14.2 Å². The lowest BCUT2D eigenvalue weighted by atomic mass is 10.2. The molecule has 0 atom stereocenters. The Bertz CT molecular complexity index is 762. The third-order valence-corrected chi connectivity index (χ3v) is 4.50. The number of hydrogen-bond donors (Lipinski definition) is 0. The van der Waals surface area contributed by atoms with E-state index < -0.39 is 0 Å². The summed E-state index contributed by atoms with van der Waals surface area (Å²) >= 11 is 0. The van der Waals surface area contributed by atoms with E-state index in [4.69, 9.17) is 14.2 Å². The maximum Gasteiger partial charge on any atom is 0.308 e. The van der Waals surface area contributed by atoms with Gasteiger partial charge in [0, 0.05) is 38.8 Å². The van der Waals surface area contributed by atoms with Gasteiger partial charge < -0.3 is 24.0 Å². The van der Waals surface area contributed by atoms with Gasteiger partial charge in [-0.1, -0.05) is 6.07 Å². The molecule has 0 aliphatic heterocycles. The highest BCUT2D eigenvalue weighted by molar-refractivity contribution is 5.69. The molecule has 6 nitrogen and oxygen atoms in total. The zero-order valence-corrected chi connectivity index (χ0v) is 17.4. The first-order chi connectivity index (χ1) is 13.5. The molecule has 0 amide bonds. The lowest BCUT2D eigenvalue weighted by molar-refractivity contribution is -0.131. The van der Waals surface area contributed by atoms with E-state index in [9.17, 15) is 4.79 Å². The first-order valence-electron chi connectivity index (χ1n) is 9.39. The van der Waals surface area contributed by atoms with E-state index >= 15 is 0 Å². The van der Waals surface area contributed by atoms with Crippen LogP contribution >= 0.6 is 0 Å². The van der Waals surface area contributed by atoms with Gasteiger partial charge in [-0.2, -0.15) is 0 Å². The van der Waals surface area contributed by atoms with Crippen LogP contribution in [0.4, 0.5) is 5.69 Å². The molecule has 0 heterocycles. The SMILES string of the molecule is CCN(CCN(C)Cc1ccc(OC)c(OC)c1)c1ccc(OC(C)=O)cc1. The average Bonchev–Trinajstić information content (AvgIpc) is 2.69. The largest absolute Gasteiger partial charge is 0.493 e. The van der Waals surface area contributed by atoms with Gasteiger partial charge in [0.25, 0.3) is 0 Å². The summed E-state index contributed by atoms with van der Waals surface area (Å²) in [5, 5.41) is 0. The average molecular weight is 386 g/mol. The van der Waals surface area contributed by atoms with Crippen molar-refractivity contribution in [3.8, 4) is 17.2 Å². The molecule has 0 aliphatic carbocycles.